The number of ether oxygens (including phenoxy) is 2. The molecular weight excluding hydrogens is 310 g/mol. The maximum absolute atomic E-state index is 5.71. The Morgan fingerprint density at radius 1 is 0.840 bits per heavy atom. The van der Waals surface area contributed by atoms with Crippen LogP contribution < -0.4 is 14.4 Å². The van der Waals surface area contributed by atoms with Crippen LogP contribution in [0.3, 0.4) is 0 Å². The van der Waals surface area contributed by atoms with Crippen molar-refractivity contribution >= 4 is 5.69 Å². The van der Waals surface area contributed by atoms with Gasteiger partial charge in [-0.15, -0.1) is 0 Å². The van der Waals surface area contributed by atoms with E-state index in [1.807, 2.05) is 0 Å². The minimum Gasteiger partial charge on any atom is -0.493 e. The molecule has 0 spiro atoms. The van der Waals surface area contributed by atoms with Crippen molar-refractivity contribution in [3.63, 3.8) is 0 Å². The van der Waals surface area contributed by atoms with E-state index in [1.54, 1.807) is 19.8 Å². The van der Waals surface area contributed by atoms with Crippen molar-refractivity contribution in [1.29, 1.82) is 0 Å². The first-order valence-corrected chi connectivity index (χ1v) is 10.2. The molecule has 1 aliphatic heterocycles. The second kappa shape index (κ2) is 5.82. The SMILES string of the molecule is COc1cc(N2CCCC2)c(C23CC4CC(CC(C4)C2)C3)cc1OC. The molecule has 0 amide bonds. The first-order chi connectivity index (χ1) is 12.2. The van der Waals surface area contributed by atoms with E-state index in [4.69, 9.17) is 9.47 Å². The van der Waals surface area contributed by atoms with Gasteiger partial charge in [-0.05, 0) is 86.2 Å². The predicted molar refractivity (Wildman–Crippen MR) is 101 cm³/mol. The molecule has 5 aliphatic rings. The minimum absolute atomic E-state index is 0.395. The summed E-state index contributed by atoms with van der Waals surface area (Å²) in [6.07, 6.45) is 11.3. The van der Waals surface area contributed by atoms with Crippen molar-refractivity contribution in [3.8, 4) is 11.5 Å². The molecule has 4 saturated carbocycles. The van der Waals surface area contributed by atoms with Gasteiger partial charge in [0, 0.05) is 24.8 Å². The van der Waals surface area contributed by atoms with Crippen molar-refractivity contribution in [3.05, 3.63) is 17.7 Å². The highest BCUT2D eigenvalue weighted by Crippen LogP contribution is 2.62. The topological polar surface area (TPSA) is 21.7 Å². The van der Waals surface area contributed by atoms with Gasteiger partial charge in [0.2, 0.25) is 0 Å². The summed E-state index contributed by atoms with van der Waals surface area (Å²) in [5.74, 6) is 4.69. The largest absolute Gasteiger partial charge is 0.493 e. The lowest BCUT2D eigenvalue weighted by atomic mass is 9.48. The van der Waals surface area contributed by atoms with E-state index in [-0.39, 0.29) is 0 Å². The van der Waals surface area contributed by atoms with Crippen molar-refractivity contribution < 1.29 is 9.47 Å². The van der Waals surface area contributed by atoms with Crippen LogP contribution >= 0.6 is 0 Å². The van der Waals surface area contributed by atoms with Gasteiger partial charge in [-0.2, -0.15) is 0 Å². The molecule has 1 aromatic rings. The molecule has 25 heavy (non-hydrogen) atoms. The molecule has 3 heteroatoms. The quantitative estimate of drug-likeness (QED) is 0.787. The van der Waals surface area contributed by atoms with Gasteiger partial charge >= 0.3 is 0 Å². The molecule has 5 fully saturated rings. The smallest absolute Gasteiger partial charge is 0.162 e. The fraction of sp³-hybridized carbons (Fsp3) is 0.727. The van der Waals surface area contributed by atoms with Gasteiger partial charge in [-0.3, -0.25) is 0 Å². The predicted octanol–water partition coefficient (Wildman–Crippen LogP) is 4.77. The zero-order valence-electron chi connectivity index (χ0n) is 15.7. The Balaban J connectivity index is 1.64. The third-order valence-electron chi connectivity index (χ3n) is 7.56. The van der Waals surface area contributed by atoms with Crippen LogP contribution in [-0.4, -0.2) is 27.3 Å². The maximum Gasteiger partial charge on any atom is 0.162 e. The third-order valence-corrected chi connectivity index (χ3v) is 7.56. The average Bonchev–Trinajstić information content (AvgIpc) is 3.14. The maximum atomic E-state index is 5.71. The van der Waals surface area contributed by atoms with Crippen molar-refractivity contribution in [1.82, 2.24) is 0 Å². The Labute approximate surface area is 151 Å². The van der Waals surface area contributed by atoms with Crippen LogP contribution in [0, 0.1) is 17.8 Å². The van der Waals surface area contributed by atoms with Crippen molar-refractivity contribution in [2.45, 2.75) is 56.8 Å². The standard InChI is InChI=1S/C22H31NO2/c1-24-20-10-18(19(11-21(20)25-2)23-5-3-4-6-23)22-12-15-7-16(13-22)9-17(8-15)14-22/h10-11,15-17H,3-9,12-14H2,1-2H3. The van der Waals surface area contributed by atoms with Crippen molar-refractivity contribution in [2.75, 3.05) is 32.2 Å². The zero-order valence-corrected chi connectivity index (χ0v) is 15.7. The van der Waals surface area contributed by atoms with Crippen LogP contribution in [-0.2, 0) is 5.41 Å². The molecular formula is C22H31NO2. The highest BCUT2D eigenvalue weighted by molar-refractivity contribution is 5.65. The molecule has 0 unspecified atom stereocenters. The molecule has 3 nitrogen and oxygen atoms in total. The summed E-state index contributed by atoms with van der Waals surface area (Å²) in [7, 11) is 3.53. The highest BCUT2D eigenvalue weighted by Gasteiger charge is 2.52. The van der Waals surface area contributed by atoms with E-state index in [2.05, 4.69) is 17.0 Å². The second-order valence-corrected chi connectivity index (χ2v) is 9.12. The summed E-state index contributed by atoms with van der Waals surface area (Å²) in [6, 6.07) is 4.62. The molecule has 1 saturated heterocycles. The average molecular weight is 341 g/mol. The summed E-state index contributed by atoms with van der Waals surface area (Å²) < 4.78 is 11.4. The fourth-order valence-electron chi connectivity index (χ4n) is 6.95. The molecule has 4 bridgehead atoms. The van der Waals surface area contributed by atoms with Gasteiger partial charge in [0.15, 0.2) is 11.5 Å². The van der Waals surface area contributed by atoms with E-state index in [0.717, 1.165) is 29.3 Å². The Morgan fingerprint density at radius 2 is 1.36 bits per heavy atom. The van der Waals surface area contributed by atoms with Crippen LogP contribution in [0.1, 0.15) is 56.9 Å². The molecule has 1 aromatic carbocycles. The summed E-state index contributed by atoms with van der Waals surface area (Å²) in [6.45, 7) is 2.38. The van der Waals surface area contributed by atoms with Crippen LogP contribution in [0.15, 0.2) is 12.1 Å². The van der Waals surface area contributed by atoms with Gasteiger partial charge in [-0.1, -0.05) is 0 Å². The summed E-state index contributed by atoms with van der Waals surface area (Å²) in [5.41, 5.74) is 3.41. The highest BCUT2D eigenvalue weighted by atomic mass is 16.5. The third kappa shape index (κ3) is 2.45. The Hall–Kier alpha value is -1.38. The molecule has 0 radical (unpaired) electrons. The van der Waals surface area contributed by atoms with Crippen LogP contribution in [0.25, 0.3) is 0 Å². The molecule has 1 heterocycles. The second-order valence-electron chi connectivity index (χ2n) is 9.12. The number of benzene rings is 1. The van der Waals surface area contributed by atoms with E-state index >= 15 is 0 Å². The zero-order chi connectivity index (χ0) is 17.0. The first kappa shape index (κ1) is 15.8. The van der Waals surface area contributed by atoms with Gasteiger partial charge in [0.05, 0.1) is 14.2 Å². The number of hydrogen-bond acceptors (Lipinski definition) is 3. The normalized spacial score (nSPS) is 36.1. The van der Waals surface area contributed by atoms with Gasteiger partial charge in [0.25, 0.3) is 0 Å². The molecule has 0 aromatic heterocycles. The molecule has 0 N–H and O–H groups in total. The van der Waals surface area contributed by atoms with Gasteiger partial charge < -0.3 is 14.4 Å². The minimum atomic E-state index is 0.395. The lowest BCUT2D eigenvalue weighted by Gasteiger charge is -2.57. The van der Waals surface area contributed by atoms with Crippen LogP contribution in [0.2, 0.25) is 0 Å². The number of anilines is 1. The van der Waals surface area contributed by atoms with Crippen LogP contribution in [0.5, 0.6) is 11.5 Å². The van der Waals surface area contributed by atoms with Gasteiger partial charge in [-0.25, -0.2) is 0 Å². The number of hydrogen-bond donors (Lipinski definition) is 0. The summed E-state index contributed by atoms with van der Waals surface area (Å²) >= 11 is 0. The number of methoxy groups -OCH3 is 2. The van der Waals surface area contributed by atoms with E-state index < -0.39 is 0 Å². The summed E-state index contributed by atoms with van der Waals surface area (Å²) in [4.78, 5) is 2.61. The molecule has 4 aliphatic carbocycles. The van der Waals surface area contributed by atoms with Gasteiger partial charge in [0.1, 0.15) is 0 Å². The van der Waals surface area contributed by atoms with Crippen LogP contribution in [0.4, 0.5) is 5.69 Å². The number of nitrogens with zero attached hydrogens (tertiary/aromatic N) is 1. The molecule has 136 valence electrons. The van der Waals surface area contributed by atoms with E-state index in [1.165, 1.54) is 70.1 Å². The van der Waals surface area contributed by atoms with E-state index in [0.29, 0.717) is 5.41 Å². The Morgan fingerprint density at radius 3 is 1.88 bits per heavy atom. The Bertz CT molecular complexity index is 627. The monoisotopic (exact) mass is 341 g/mol. The number of rotatable bonds is 4. The Kier molecular flexibility index (Phi) is 3.69. The molecule has 6 rings (SSSR count). The summed E-state index contributed by atoms with van der Waals surface area (Å²) in [5, 5.41) is 0. The lowest BCUT2D eigenvalue weighted by molar-refractivity contribution is -0.00506. The molecule has 0 atom stereocenters. The lowest BCUT2D eigenvalue weighted by Crippen LogP contribution is -2.49. The van der Waals surface area contributed by atoms with Crippen molar-refractivity contribution in [2.24, 2.45) is 17.8 Å². The van der Waals surface area contributed by atoms with E-state index in [9.17, 15) is 0 Å². The fourth-order valence-corrected chi connectivity index (χ4v) is 6.95. The first-order valence-electron chi connectivity index (χ1n) is 10.2.